The molecule has 0 fully saturated rings. The number of aryl methyl sites for hydroxylation is 2. The van der Waals surface area contributed by atoms with E-state index >= 15 is 0 Å². The number of thiazole rings is 1. The monoisotopic (exact) mass is 501 g/mol. The minimum atomic E-state index is -0.731. The van der Waals surface area contributed by atoms with Gasteiger partial charge in [-0.25, -0.2) is 9.97 Å². The Balaban J connectivity index is 1.89. The fourth-order valence-corrected chi connectivity index (χ4v) is 5.31. The maximum Gasteiger partial charge on any atom is 0.306 e. The number of aliphatic hydroxyl groups excluding tert-OH is 1. The summed E-state index contributed by atoms with van der Waals surface area (Å²) in [7, 11) is 0. The Morgan fingerprint density at radius 2 is 2.06 bits per heavy atom. The number of rotatable bonds is 2. The molecule has 1 aliphatic rings. The van der Waals surface area contributed by atoms with Gasteiger partial charge in [0.1, 0.15) is 17.7 Å². The lowest BCUT2D eigenvalue weighted by atomic mass is 9.74. The van der Waals surface area contributed by atoms with Crippen molar-refractivity contribution < 1.29 is 19.4 Å². The summed E-state index contributed by atoms with van der Waals surface area (Å²) in [4.78, 5) is 35.2. The number of carbonyl (C=O) groups excluding carboxylic acids is 2. The molecule has 0 saturated heterocycles. The normalized spacial score (nSPS) is 27.3. The predicted octanol–water partition coefficient (Wildman–Crippen LogP) is 5.01. The highest BCUT2D eigenvalue weighted by Gasteiger charge is 2.37. The first-order chi connectivity index (χ1) is 16.5. The van der Waals surface area contributed by atoms with Crippen LogP contribution in [0, 0.1) is 24.2 Å². The number of imidazole rings is 1. The van der Waals surface area contributed by atoms with Crippen LogP contribution in [-0.2, 0) is 27.3 Å². The van der Waals surface area contributed by atoms with Crippen molar-refractivity contribution in [2.45, 2.75) is 92.4 Å². The Kier molecular flexibility index (Phi) is 9.05. The minimum Gasteiger partial charge on any atom is -0.457 e. The summed E-state index contributed by atoms with van der Waals surface area (Å²) in [5, 5.41) is 13.8. The molecule has 0 unspecified atom stereocenters. The van der Waals surface area contributed by atoms with E-state index in [0.717, 1.165) is 41.5 Å². The summed E-state index contributed by atoms with van der Waals surface area (Å²) >= 11 is 1.58. The molecule has 8 heteroatoms. The molecular formula is C27H39N3O4S. The predicted molar refractivity (Wildman–Crippen MR) is 138 cm³/mol. The van der Waals surface area contributed by atoms with E-state index in [-0.39, 0.29) is 24.1 Å². The van der Waals surface area contributed by atoms with E-state index in [1.165, 1.54) is 0 Å². The van der Waals surface area contributed by atoms with Crippen LogP contribution in [0.1, 0.15) is 76.8 Å². The van der Waals surface area contributed by atoms with E-state index in [1.54, 1.807) is 24.5 Å². The number of Topliss-reactive ketones (excluding diaryl/α,β-unsaturated/α-hetero) is 1. The summed E-state index contributed by atoms with van der Waals surface area (Å²) in [6.07, 6.45) is 7.10. The van der Waals surface area contributed by atoms with Crippen LogP contribution in [0.4, 0.5) is 0 Å². The zero-order valence-corrected chi connectivity index (χ0v) is 22.6. The van der Waals surface area contributed by atoms with Gasteiger partial charge >= 0.3 is 5.97 Å². The Morgan fingerprint density at radius 1 is 1.31 bits per heavy atom. The van der Waals surface area contributed by atoms with Crippen LogP contribution >= 0.6 is 11.3 Å². The molecule has 7 nitrogen and oxygen atoms in total. The lowest BCUT2D eigenvalue weighted by molar-refractivity contribution is -0.148. The van der Waals surface area contributed by atoms with Crippen LogP contribution in [0.15, 0.2) is 23.3 Å². The molecule has 0 saturated carbocycles. The number of ether oxygens (including phenoxy) is 1. The Labute approximate surface area is 212 Å². The molecule has 0 bridgehead atoms. The zero-order valence-electron chi connectivity index (χ0n) is 21.8. The highest BCUT2D eigenvalue weighted by atomic mass is 32.1. The third-order valence-electron chi connectivity index (χ3n) is 7.15. The first kappa shape index (κ1) is 27.3. The van der Waals surface area contributed by atoms with Crippen molar-refractivity contribution in [3.63, 3.8) is 0 Å². The summed E-state index contributed by atoms with van der Waals surface area (Å²) in [6, 6.07) is 0. The molecule has 0 aliphatic carbocycles. The second-order valence-electron chi connectivity index (χ2n) is 10.5. The fraction of sp³-hybridized carbons (Fsp3) is 0.630. The molecule has 192 valence electrons. The Bertz CT molecular complexity index is 1050. The molecule has 1 N–H and O–H groups in total. The number of hydrogen-bond donors (Lipinski definition) is 1. The molecule has 0 aromatic carbocycles. The molecular weight excluding hydrogens is 462 g/mol. The van der Waals surface area contributed by atoms with Gasteiger partial charge in [0, 0.05) is 48.5 Å². The number of aromatic nitrogens is 3. The van der Waals surface area contributed by atoms with Gasteiger partial charge in [0.05, 0.1) is 16.8 Å². The molecule has 2 aromatic heterocycles. The van der Waals surface area contributed by atoms with E-state index in [9.17, 15) is 14.7 Å². The molecule has 0 spiro atoms. The van der Waals surface area contributed by atoms with Crippen LogP contribution in [-0.4, -0.2) is 43.6 Å². The summed E-state index contributed by atoms with van der Waals surface area (Å²) in [5.41, 5.74) is 1.02. The molecule has 0 radical (unpaired) electrons. The van der Waals surface area contributed by atoms with Gasteiger partial charge in [-0.15, -0.1) is 11.3 Å². The smallest absolute Gasteiger partial charge is 0.306 e. The quantitative estimate of drug-likeness (QED) is 0.582. The largest absolute Gasteiger partial charge is 0.457 e. The minimum absolute atomic E-state index is 0.00548. The number of nitrogens with zero attached hydrogens (tertiary/aromatic N) is 3. The van der Waals surface area contributed by atoms with Crippen LogP contribution in [0.2, 0.25) is 0 Å². The Hall–Kier alpha value is -2.32. The van der Waals surface area contributed by atoms with Gasteiger partial charge in [0.25, 0.3) is 0 Å². The van der Waals surface area contributed by atoms with E-state index in [4.69, 9.17) is 4.74 Å². The van der Waals surface area contributed by atoms with Crippen molar-refractivity contribution in [3.05, 3.63) is 39.9 Å². The van der Waals surface area contributed by atoms with Crippen molar-refractivity contribution in [3.8, 4) is 0 Å². The van der Waals surface area contributed by atoms with Gasteiger partial charge in [0.15, 0.2) is 0 Å². The molecule has 1 aliphatic heterocycles. The second-order valence-corrected chi connectivity index (χ2v) is 11.6. The van der Waals surface area contributed by atoms with E-state index in [1.807, 2.05) is 52.3 Å². The zero-order chi connectivity index (χ0) is 25.8. The maximum atomic E-state index is 13.2. The number of carbonyl (C=O) groups is 2. The van der Waals surface area contributed by atoms with Crippen molar-refractivity contribution in [2.24, 2.45) is 17.3 Å². The molecule has 0 amide bonds. The van der Waals surface area contributed by atoms with E-state index in [0.29, 0.717) is 12.8 Å². The summed E-state index contributed by atoms with van der Waals surface area (Å²) in [5.74, 6) is 0.000476. The van der Waals surface area contributed by atoms with Crippen molar-refractivity contribution >= 4 is 29.2 Å². The first-order valence-electron chi connectivity index (χ1n) is 12.5. The lowest BCUT2D eigenvalue weighted by Gasteiger charge is -2.31. The molecule has 3 heterocycles. The second kappa shape index (κ2) is 11.6. The Morgan fingerprint density at radius 3 is 2.74 bits per heavy atom. The number of hydrogen-bond acceptors (Lipinski definition) is 7. The van der Waals surface area contributed by atoms with Gasteiger partial charge in [0.2, 0.25) is 0 Å². The SMILES string of the molecule is C/C(=C\c1csc(C)n1)[C@@H]1Cc2nccn2CCC[C@H](C)[C@H](O)[C@@H](C)C(=O)C(C)(C)CCC(=O)O1. The first-order valence-corrected chi connectivity index (χ1v) is 13.4. The average Bonchev–Trinajstić information content (AvgIpc) is 3.43. The number of fused-ring (bicyclic) bond motifs is 1. The standard InChI is InChI=1S/C27H39N3O4S/c1-17-8-7-12-30-13-11-28-23(30)15-22(18(2)14-21-16-35-20(4)29-21)34-24(31)9-10-27(5,6)26(33)19(3)25(17)32/h11,13-14,16-17,19,22,25,32H,7-10,12,15H2,1-6H3/b18-14+/t17-,19+,22-,25-/m0/s1. The highest BCUT2D eigenvalue weighted by Crippen LogP contribution is 2.31. The van der Waals surface area contributed by atoms with Crippen LogP contribution in [0.3, 0.4) is 0 Å². The average molecular weight is 502 g/mol. The van der Waals surface area contributed by atoms with E-state index in [2.05, 4.69) is 14.5 Å². The fourth-order valence-electron chi connectivity index (χ4n) is 4.74. The number of ketones is 1. The van der Waals surface area contributed by atoms with Crippen LogP contribution in [0.5, 0.6) is 0 Å². The molecule has 3 rings (SSSR count). The van der Waals surface area contributed by atoms with Gasteiger partial charge in [-0.2, -0.15) is 0 Å². The molecule has 4 atom stereocenters. The molecule has 35 heavy (non-hydrogen) atoms. The highest BCUT2D eigenvalue weighted by molar-refractivity contribution is 7.09. The molecule has 2 aromatic rings. The van der Waals surface area contributed by atoms with Crippen molar-refractivity contribution in [2.75, 3.05) is 0 Å². The van der Waals surface area contributed by atoms with Gasteiger partial charge in [-0.05, 0) is 50.7 Å². The number of cyclic esters (lactones) is 1. The number of aliphatic hydroxyl groups is 1. The maximum absolute atomic E-state index is 13.2. The topological polar surface area (TPSA) is 94.3 Å². The van der Waals surface area contributed by atoms with Crippen molar-refractivity contribution in [1.29, 1.82) is 0 Å². The van der Waals surface area contributed by atoms with Gasteiger partial charge < -0.3 is 14.4 Å². The van der Waals surface area contributed by atoms with Gasteiger partial charge in [-0.3, -0.25) is 9.59 Å². The lowest BCUT2D eigenvalue weighted by Crippen LogP contribution is -2.39. The van der Waals surface area contributed by atoms with Crippen LogP contribution in [0.25, 0.3) is 6.08 Å². The van der Waals surface area contributed by atoms with Crippen molar-refractivity contribution in [1.82, 2.24) is 14.5 Å². The summed E-state index contributed by atoms with van der Waals surface area (Å²) < 4.78 is 8.05. The third-order valence-corrected chi connectivity index (χ3v) is 7.94. The van der Waals surface area contributed by atoms with Crippen LogP contribution < -0.4 is 0 Å². The summed E-state index contributed by atoms with van der Waals surface area (Å²) in [6.45, 7) is 12.2. The number of esters is 1. The third kappa shape index (κ3) is 7.10. The van der Waals surface area contributed by atoms with Gasteiger partial charge in [-0.1, -0.05) is 27.7 Å². The van der Waals surface area contributed by atoms with E-state index < -0.39 is 23.5 Å².